The molecule has 1 fully saturated rings. The minimum Gasteiger partial charge on any atom is -0.265 e. The average Bonchev–Trinajstić information content (AvgIpc) is 2.33. The molecule has 1 unspecified atom stereocenters. The van der Waals surface area contributed by atoms with Crippen LogP contribution in [-0.2, 0) is 10.2 Å². The summed E-state index contributed by atoms with van der Waals surface area (Å²) in [6, 6.07) is 3.65. The second-order valence-electron chi connectivity index (χ2n) is 4.07. The van der Waals surface area contributed by atoms with E-state index >= 15 is 0 Å². The maximum Gasteiger partial charge on any atom is 0.280 e. The summed E-state index contributed by atoms with van der Waals surface area (Å²) < 4.78 is 28.0. The summed E-state index contributed by atoms with van der Waals surface area (Å²) >= 11 is 0. The fourth-order valence-electron chi connectivity index (χ4n) is 2.15. The summed E-state index contributed by atoms with van der Waals surface area (Å²) in [4.78, 5) is 3.96. The highest BCUT2D eigenvalue weighted by molar-refractivity contribution is 7.87. The van der Waals surface area contributed by atoms with Gasteiger partial charge in [-0.15, -0.1) is 0 Å². The lowest BCUT2D eigenvalue weighted by Gasteiger charge is -2.33. The van der Waals surface area contributed by atoms with Crippen LogP contribution in [0.3, 0.4) is 0 Å². The predicted molar refractivity (Wildman–Crippen MR) is 65.5 cm³/mol. The Labute approximate surface area is 102 Å². The van der Waals surface area contributed by atoms with Crippen LogP contribution in [0.1, 0.15) is 31.4 Å². The maximum absolute atomic E-state index is 12.0. The van der Waals surface area contributed by atoms with Crippen LogP contribution in [0.4, 0.5) is 0 Å². The van der Waals surface area contributed by atoms with Gasteiger partial charge in [0.15, 0.2) is 0 Å². The van der Waals surface area contributed by atoms with Gasteiger partial charge in [-0.1, -0.05) is 6.92 Å². The Bertz CT molecular complexity index is 461. The lowest BCUT2D eigenvalue weighted by atomic mass is 10.1. The standard InChI is InChI=1S/C11H17N3O2S/c1-2-11(10-4-7-12-8-5-10)14-9-3-6-13-17(14,15)16/h4-5,7-8,11,13H,2-3,6,9H2,1H3. The van der Waals surface area contributed by atoms with Gasteiger partial charge in [0.25, 0.3) is 10.2 Å². The van der Waals surface area contributed by atoms with Crippen LogP contribution >= 0.6 is 0 Å². The first-order chi connectivity index (χ1) is 8.15. The summed E-state index contributed by atoms with van der Waals surface area (Å²) in [6.45, 7) is 3.11. The van der Waals surface area contributed by atoms with E-state index in [0.717, 1.165) is 18.4 Å². The van der Waals surface area contributed by atoms with Crippen LogP contribution in [0.25, 0.3) is 0 Å². The second-order valence-corrected chi connectivity index (χ2v) is 5.78. The normalized spacial score (nSPS) is 22.2. The predicted octanol–water partition coefficient (Wildman–Crippen LogP) is 1.07. The number of hydrogen-bond acceptors (Lipinski definition) is 3. The number of nitrogens with one attached hydrogen (secondary N) is 1. The van der Waals surface area contributed by atoms with Crippen LogP contribution in [0.15, 0.2) is 24.5 Å². The Kier molecular flexibility index (Phi) is 3.76. The molecule has 0 bridgehead atoms. The van der Waals surface area contributed by atoms with Gasteiger partial charge in [0, 0.05) is 25.5 Å². The molecule has 2 rings (SSSR count). The van der Waals surface area contributed by atoms with Gasteiger partial charge < -0.3 is 0 Å². The van der Waals surface area contributed by atoms with Crippen molar-refractivity contribution in [2.24, 2.45) is 0 Å². The highest BCUT2D eigenvalue weighted by Crippen LogP contribution is 2.27. The minimum absolute atomic E-state index is 0.101. The third-order valence-electron chi connectivity index (χ3n) is 2.97. The van der Waals surface area contributed by atoms with Crippen molar-refractivity contribution in [2.75, 3.05) is 13.1 Å². The van der Waals surface area contributed by atoms with Crippen molar-refractivity contribution in [3.63, 3.8) is 0 Å². The van der Waals surface area contributed by atoms with Gasteiger partial charge in [0.2, 0.25) is 0 Å². The van der Waals surface area contributed by atoms with Gasteiger partial charge in [0.1, 0.15) is 0 Å². The molecule has 1 saturated heterocycles. The summed E-state index contributed by atoms with van der Waals surface area (Å²) in [6.07, 6.45) is 5.00. The van der Waals surface area contributed by atoms with Crippen molar-refractivity contribution in [3.8, 4) is 0 Å². The number of rotatable bonds is 3. The first-order valence-electron chi connectivity index (χ1n) is 5.81. The Morgan fingerprint density at radius 1 is 1.47 bits per heavy atom. The molecule has 17 heavy (non-hydrogen) atoms. The smallest absolute Gasteiger partial charge is 0.265 e. The molecule has 0 aromatic carbocycles. The molecule has 1 aromatic rings. The molecule has 1 N–H and O–H groups in total. The third kappa shape index (κ3) is 2.65. The van der Waals surface area contributed by atoms with Gasteiger partial charge in [0.05, 0.1) is 6.04 Å². The van der Waals surface area contributed by atoms with E-state index in [1.165, 1.54) is 0 Å². The summed E-state index contributed by atoms with van der Waals surface area (Å²) in [7, 11) is -3.32. The lowest BCUT2D eigenvalue weighted by Crippen LogP contribution is -2.48. The first-order valence-corrected chi connectivity index (χ1v) is 7.25. The Morgan fingerprint density at radius 2 is 2.18 bits per heavy atom. The van der Waals surface area contributed by atoms with Gasteiger partial charge in [-0.2, -0.15) is 12.7 Å². The second kappa shape index (κ2) is 5.12. The molecular formula is C11H17N3O2S. The average molecular weight is 255 g/mol. The molecule has 0 saturated carbocycles. The van der Waals surface area contributed by atoms with E-state index in [1.54, 1.807) is 16.7 Å². The Balaban J connectivity index is 2.30. The van der Waals surface area contributed by atoms with E-state index in [2.05, 4.69) is 9.71 Å². The number of hydrogen-bond donors (Lipinski definition) is 1. The quantitative estimate of drug-likeness (QED) is 0.879. The van der Waals surface area contributed by atoms with E-state index in [9.17, 15) is 8.42 Å². The third-order valence-corrected chi connectivity index (χ3v) is 4.60. The van der Waals surface area contributed by atoms with Gasteiger partial charge in [-0.05, 0) is 30.5 Å². The molecule has 2 heterocycles. The van der Waals surface area contributed by atoms with Crippen molar-refractivity contribution in [1.29, 1.82) is 0 Å². The van der Waals surface area contributed by atoms with Gasteiger partial charge in [-0.25, -0.2) is 4.72 Å². The van der Waals surface area contributed by atoms with E-state index in [1.807, 2.05) is 19.1 Å². The molecule has 0 spiro atoms. The van der Waals surface area contributed by atoms with E-state index < -0.39 is 10.2 Å². The number of aromatic nitrogens is 1. The molecule has 0 radical (unpaired) electrons. The van der Waals surface area contributed by atoms with Gasteiger partial charge >= 0.3 is 0 Å². The first kappa shape index (κ1) is 12.5. The fraction of sp³-hybridized carbons (Fsp3) is 0.545. The highest BCUT2D eigenvalue weighted by atomic mass is 32.2. The Morgan fingerprint density at radius 3 is 2.76 bits per heavy atom. The SMILES string of the molecule is CCC(c1ccncc1)N1CCCNS1(=O)=O. The zero-order valence-corrected chi connectivity index (χ0v) is 10.7. The van der Waals surface area contributed by atoms with E-state index in [4.69, 9.17) is 0 Å². The molecule has 5 nitrogen and oxygen atoms in total. The topological polar surface area (TPSA) is 62.3 Å². The van der Waals surface area contributed by atoms with Crippen molar-refractivity contribution in [1.82, 2.24) is 14.0 Å². The Hall–Kier alpha value is -0.980. The molecule has 1 aromatic heterocycles. The van der Waals surface area contributed by atoms with Crippen LogP contribution in [0.2, 0.25) is 0 Å². The minimum atomic E-state index is -3.32. The number of pyridine rings is 1. The maximum atomic E-state index is 12.0. The van der Waals surface area contributed by atoms with Crippen molar-refractivity contribution < 1.29 is 8.42 Å². The molecule has 0 amide bonds. The molecule has 6 heteroatoms. The van der Waals surface area contributed by atoms with Crippen molar-refractivity contribution >= 4 is 10.2 Å². The van der Waals surface area contributed by atoms with Crippen LogP contribution < -0.4 is 4.72 Å². The molecule has 94 valence electrons. The van der Waals surface area contributed by atoms with Crippen LogP contribution in [-0.4, -0.2) is 30.8 Å². The summed E-state index contributed by atoms with van der Waals surface area (Å²) in [5, 5.41) is 0. The summed E-state index contributed by atoms with van der Waals surface area (Å²) in [5.41, 5.74) is 0.995. The highest BCUT2D eigenvalue weighted by Gasteiger charge is 2.31. The van der Waals surface area contributed by atoms with Gasteiger partial charge in [-0.3, -0.25) is 4.98 Å². The fourth-order valence-corrected chi connectivity index (χ4v) is 3.70. The zero-order valence-electron chi connectivity index (χ0n) is 9.83. The van der Waals surface area contributed by atoms with Crippen LogP contribution in [0.5, 0.6) is 0 Å². The van der Waals surface area contributed by atoms with E-state index in [0.29, 0.717) is 13.1 Å². The lowest BCUT2D eigenvalue weighted by molar-refractivity contribution is 0.293. The molecule has 1 aliphatic rings. The monoisotopic (exact) mass is 255 g/mol. The van der Waals surface area contributed by atoms with Crippen molar-refractivity contribution in [2.45, 2.75) is 25.8 Å². The van der Waals surface area contributed by atoms with Crippen molar-refractivity contribution in [3.05, 3.63) is 30.1 Å². The molecular weight excluding hydrogens is 238 g/mol. The largest absolute Gasteiger partial charge is 0.280 e. The van der Waals surface area contributed by atoms with Crippen LogP contribution in [0, 0.1) is 0 Å². The molecule has 0 aliphatic carbocycles. The number of nitrogens with zero attached hydrogens (tertiary/aromatic N) is 2. The summed E-state index contributed by atoms with van der Waals surface area (Å²) in [5.74, 6) is 0. The molecule has 1 aliphatic heterocycles. The molecule has 1 atom stereocenters. The van der Waals surface area contributed by atoms with E-state index in [-0.39, 0.29) is 6.04 Å². The zero-order chi connectivity index (χ0) is 12.3.